The lowest BCUT2D eigenvalue weighted by Crippen LogP contribution is -2.35. The van der Waals surface area contributed by atoms with Gasteiger partial charge in [-0.25, -0.2) is 0 Å². The van der Waals surface area contributed by atoms with Crippen molar-refractivity contribution in [1.29, 1.82) is 0 Å². The zero-order valence-electron chi connectivity index (χ0n) is 9.45. The number of rotatable bonds is 4. The lowest BCUT2D eigenvalue weighted by molar-refractivity contribution is -0.117. The van der Waals surface area contributed by atoms with Gasteiger partial charge in [-0.1, -0.05) is 13.3 Å². The average Bonchev–Trinajstić information content (AvgIpc) is 2.45. The molecule has 0 fully saturated rings. The number of amides is 1. The van der Waals surface area contributed by atoms with Crippen molar-refractivity contribution in [3.8, 4) is 0 Å². The number of carbonyl (C=O) groups excluding carboxylic acids is 1. The highest BCUT2D eigenvalue weighted by atomic mass is 16.2. The zero-order valence-corrected chi connectivity index (χ0v) is 9.45. The van der Waals surface area contributed by atoms with Crippen molar-refractivity contribution in [2.45, 2.75) is 32.7 Å². The molecule has 0 aliphatic carbocycles. The number of aryl methyl sites for hydroxylation is 2. The molecule has 1 heterocycles. The molecule has 1 aromatic rings. The van der Waals surface area contributed by atoms with Gasteiger partial charge in [0, 0.05) is 13.1 Å². The second-order valence-corrected chi connectivity index (χ2v) is 3.68. The number of anilines is 1. The van der Waals surface area contributed by atoms with Crippen LogP contribution in [0.5, 0.6) is 0 Å². The first-order valence-corrected chi connectivity index (χ1v) is 5.11. The molecule has 15 heavy (non-hydrogen) atoms. The standard InChI is InChI=1S/C10H18N4O/c1-4-5-8(11)10(15)12-9-6-7(2)13-14(9)3/h6,8H,4-5,11H2,1-3H3,(H,12,15)/t8-/m0/s1. The fraction of sp³-hybridized carbons (Fsp3) is 0.600. The molecule has 0 radical (unpaired) electrons. The normalized spacial score (nSPS) is 12.5. The van der Waals surface area contributed by atoms with E-state index in [0.29, 0.717) is 12.2 Å². The van der Waals surface area contributed by atoms with Crippen LogP contribution in [0.15, 0.2) is 6.07 Å². The van der Waals surface area contributed by atoms with Gasteiger partial charge in [-0.2, -0.15) is 5.10 Å². The van der Waals surface area contributed by atoms with Crippen molar-refractivity contribution < 1.29 is 4.79 Å². The Labute approximate surface area is 89.6 Å². The van der Waals surface area contributed by atoms with Gasteiger partial charge in [-0.3, -0.25) is 9.48 Å². The number of nitrogens with one attached hydrogen (secondary N) is 1. The predicted octanol–water partition coefficient (Wildman–Crippen LogP) is 0.794. The van der Waals surface area contributed by atoms with Crippen molar-refractivity contribution in [2.24, 2.45) is 12.8 Å². The Bertz CT molecular complexity index is 345. The van der Waals surface area contributed by atoms with E-state index in [9.17, 15) is 4.79 Å². The summed E-state index contributed by atoms with van der Waals surface area (Å²) < 4.78 is 1.63. The van der Waals surface area contributed by atoms with Gasteiger partial charge < -0.3 is 11.1 Å². The zero-order chi connectivity index (χ0) is 11.4. The molecule has 0 unspecified atom stereocenters. The first-order valence-electron chi connectivity index (χ1n) is 5.11. The largest absolute Gasteiger partial charge is 0.320 e. The van der Waals surface area contributed by atoms with E-state index in [0.717, 1.165) is 12.1 Å². The van der Waals surface area contributed by atoms with Gasteiger partial charge in [0.1, 0.15) is 5.82 Å². The summed E-state index contributed by atoms with van der Waals surface area (Å²) in [7, 11) is 1.79. The molecule has 1 atom stereocenters. The molecule has 1 aromatic heterocycles. The van der Waals surface area contributed by atoms with E-state index in [1.54, 1.807) is 11.7 Å². The molecule has 3 N–H and O–H groups in total. The summed E-state index contributed by atoms with van der Waals surface area (Å²) in [5, 5.41) is 6.88. The highest BCUT2D eigenvalue weighted by molar-refractivity contribution is 5.93. The van der Waals surface area contributed by atoms with E-state index in [1.807, 2.05) is 19.9 Å². The third-order valence-corrected chi connectivity index (χ3v) is 2.19. The number of carbonyl (C=O) groups is 1. The minimum Gasteiger partial charge on any atom is -0.320 e. The van der Waals surface area contributed by atoms with Gasteiger partial charge in [0.25, 0.3) is 0 Å². The van der Waals surface area contributed by atoms with E-state index in [-0.39, 0.29) is 5.91 Å². The third-order valence-electron chi connectivity index (χ3n) is 2.19. The Morgan fingerprint density at radius 3 is 2.87 bits per heavy atom. The maximum atomic E-state index is 11.6. The van der Waals surface area contributed by atoms with Gasteiger partial charge in [0.2, 0.25) is 5.91 Å². The molecular formula is C10H18N4O. The molecule has 0 aromatic carbocycles. The molecule has 0 aliphatic heterocycles. The van der Waals surface area contributed by atoms with Crippen LogP contribution in [0, 0.1) is 6.92 Å². The molecule has 5 heteroatoms. The minimum atomic E-state index is -0.440. The Hall–Kier alpha value is -1.36. The summed E-state index contributed by atoms with van der Waals surface area (Å²) in [6.45, 7) is 3.88. The van der Waals surface area contributed by atoms with Crippen LogP contribution in [0.1, 0.15) is 25.5 Å². The van der Waals surface area contributed by atoms with E-state index < -0.39 is 6.04 Å². The Morgan fingerprint density at radius 1 is 1.73 bits per heavy atom. The number of hydrogen-bond acceptors (Lipinski definition) is 3. The molecular weight excluding hydrogens is 192 g/mol. The average molecular weight is 210 g/mol. The van der Waals surface area contributed by atoms with Crippen LogP contribution in [0.3, 0.4) is 0 Å². The van der Waals surface area contributed by atoms with E-state index in [2.05, 4.69) is 10.4 Å². The third kappa shape index (κ3) is 3.06. The Morgan fingerprint density at radius 2 is 2.40 bits per heavy atom. The fourth-order valence-electron chi connectivity index (χ4n) is 1.39. The molecule has 0 aliphatic rings. The first-order chi connectivity index (χ1) is 7.04. The van der Waals surface area contributed by atoms with E-state index >= 15 is 0 Å². The minimum absolute atomic E-state index is 0.153. The summed E-state index contributed by atoms with van der Waals surface area (Å²) in [6.07, 6.45) is 1.60. The maximum absolute atomic E-state index is 11.6. The molecule has 0 bridgehead atoms. The summed E-state index contributed by atoms with van der Waals surface area (Å²) in [5.41, 5.74) is 6.56. The van der Waals surface area contributed by atoms with Crippen LogP contribution >= 0.6 is 0 Å². The monoisotopic (exact) mass is 210 g/mol. The summed E-state index contributed by atoms with van der Waals surface area (Å²) >= 11 is 0. The first kappa shape index (κ1) is 11.7. The van der Waals surface area contributed by atoms with Gasteiger partial charge in [0.05, 0.1) is 11.7 Å². The predicted molar refractivity (Wildman–Crippen MR) is 59.5 cm³/mol. The van der Waals surface area contributed by atoms with Crippen LogP contribution < -0.4 is 11.1 Å². The quantitative estimate of drug-likeness (QED) is 0.771. The van der Waals surface area contributed by atoms with Crippen molar-refractivity contribution >= 4 is 11.7 Å². The highest BCUT2D eigenvalue weighted by Gasteiger charge is 2.13. The SMILES string of the molecule is CCC[C@H](N)C(=O)Nc1cc(C)nn1C. The van der Waals surface area contributed by atoms with Crippen molar-refractivity contribution in [2.75, 3.05) is 5.32 Å². The lowest BCUT2D eigenvalue weighted by atomic mass is 10.2. The Balaban J connectivity index is 2.62. The second-order valence-electron chi connectivity index (χ2n) is 3.68. The molecule has 0 spiro atoms. The highest BCUT2D eigenvalue weighted by Crippen LogP contribution is 2.08. The number of nitrogens with zero attached hydrogens (tertiary/aromatic N) is 2. The molecule has 0 saturated heterocycles. The summed E-state index contributed by atoms with van der Waals surface area (Å²) in [4.78, 5) is 11.6. The Kier molecular flexibility index (Phi) is 3.85. The van der Waals surface area contributed by atoms with Crippen molar-refractivity contribution in [3.63, 3.8) is 0 Å². The molecule has 1 rings (SSSR count). The van der Waals surface area contributed by atoms with Gasteiger partial charge >= 0.3 is 0 Å². The van der Waals surface area contributed by atoms with Crippen LogP contribution in [0.25, 0.3) is 0 Å². The van der Waals surface area contributed by atoms with Gasteiger partial charge in [-0.15, -0.1) is 0 Å². The van der Waals surface area contributed by atoms with Crippen LogP contribution in [-0.4, -0.2) is 21.7 Å². The van der Waals surface area contributed by atoms with E-state index in [4.69, 9.17) is 5.73 Å². The van der Waals surface area contributed by atoms with Crippen molar-refractivity contribution in [3.05, 3.63) is 11.8 Å². The van der Waals surface area contributed by atoms with Crippen LogP contribution in [0.2, 0.25) is 0 Å². The smallest absolute Gasteiger partial charge is 0.242 e. The summed E-state index contributed by atoms with van der Waals surface area (Å²) in [5.74, 6) is 0.531. The fourth-order valence-corrected chi connectivity index (χ4v) is 1.39. The molecule has 84 valence electrons. The number of hydrogen-bond donors (Lipinski definition) is 2. The van der Waals surface area contributed by atoms with E-state index in [1.165, 1.54) is 0 Å². The molecule has 0 saturated carbocycles. The van der Waals surface area contributed by atoms with Crippen molar-refractivity contribution in [1.82, 2.24) is 9.78 Å². The second kappa shape index (κ2) is 4.93. The lowest BCUT2D eigenvalue weighted by Gasteiger charge is -2.10. The van der Waals surface area contributed by atoms with Crippen LogP contribution in [0.4, 0.5) is 5.82 Å². The summed E-state index contributed by atoms with van der Waals surface area (Å²) in [6, 6.07) is 1.38. The molecule has 5 nitrogen and oxygen atoms in total. The number of nitrogens with two attached hydrogens (primary N) is 1. The topological polar surface area (TPSA) is 72.9 Å². The van der Waals surface area contributed by atoms with Crippen LogP contribution in [-0.2, 0) is 11.8 Å². The number of aromatic nitrogens is 2. The van der Waals surface area contributed by atoms with Gasteiger partial charge in [0.15, 0.2) is 0 Å². The molecule has 1 amide bonds. The van der Waals surface area contributed by atoms with Gasteiger partial charge in [-0.05, 0) is 13.3 Å². The maximum Gasteiger partial charge on any atom is 0.242 e.